The SMILES string of the molecule is CC[C@@H](NC(=S)NCc1ccc(OC)cc1)c1ccc(C)cc1. The molecule has 0 spiro atoms. The van der Waals surface area contributed by atoms with Crippen LogP contribution in [0.1, 0.15) is 36.1 Å². The van der Waals surface area contributed by atoms with Crippen LogP contribution in [-0.4, -0.2) is 12.2 Å². The van der Waals surface area contributed by atoms with Crippen molar-refractivity contribution in [2.24, 2.45) is 0 Å². The molecule has 0 heterocycles. The number of hydrogen-bond donors (Lipinski definition) is 2. The first kappa shape index (κ1) is 17.3. The molecule has 0 fully saturated rings. The molecular formula is C19H24N2OS. The average Bonchev–Trinajstić information content (AvgIpc) is 2.59. The van der Waals surface area contributed by atoms with Crippen molar-refractivity contribution in [3.8, 4) is 5.75 Å². The Labute approximate surface area is 144 Å². The molecule has 0 aliphatic rings. The second-order valence-corrected chi connectivity index (χ2v) is 5.95. The molecule has 0 aromatic heterocycles. The van der Waals surface area contributed by atoms with Gasteiger partial charge in [0.05, 0.1) is 13.2 Å². The minimum Gasteiger partial charge on any atom is -0.497 e. The van der Waals surface area contributed by atoms with Gasteiger partial charge < -0.3 is 15.4 Å². The highest BCUT2D eigenvalue weighted by Gasteiger charge is 2.10. The molecular weight excluding hydrogens is 304 g/mol. The predicted octanol–water partition coefficient (Wildman–Crippen LogP) is 4.12. The average molecular weight is 328 g/mol. The van der Waals surface area contributed by atoms with Crippen molar-refractivity contribution in [3.63, 3.8) is 0 Å². The molecule has 23 heavy (non-hydrogen) atoms. The van der Waals surface area contributed by atoms with Crippen LogP contribution in [0.15, 0.2) is 48.5 Å². The van der Waals surface area contributed by atoms with Crippen LogP contribution in [0.5, 0.6) is 5.75 Å². The Morgan fingerprint density at radius 2 is 1.74 bits per heavy atom. The van der Waals surface area contributed by atoms with Crippen molar-refractivity contribution < 1.29 is 4.74 Å². The van der Waals surface area contributed by atoms with Gasteiger partial charge in [0.25, 0.3) is 0 Å². The fraction of sp³-hybridized carbons (Fsp3) is 0.316. The lowest BCUT2D eigenvalue weighted by Gasteiger charge is -2.20. The molecule has 3 nitrogen and oxygen atoms in total. The lowest BCUT2D eigenvalue weighted by Crippen LogP contribution is -2.37. The number of aryl methyl sites for hydroxylation is 1. The molecule has 122 valence electrons. The first-order chi connectivity index (χ1) is 11.1. The van der Waals surface area contributed by atoms with E-state index in [2.05, 4.69) is 48.7 Å². The second-order valence-electron chi connectivity index (χ2n) is 5.55. The van der Waals surface area contributed by atoms with Crippen molar-refractivity contribution in [3.05, 3.63) is 65.2 Å². The summed E-state index contributed by atoms with van der Waals surface area (Å²) in [6.07, 6.45) is 0.980. The summed E-state index contributed by atoms with van der Waals surface area (Å²) in [7, 11) is 1.67. The summed E-state index contributed by atoms with van der Waals surface area (Å²) in [4.78, 5) is 0. The molecule has 0 saturated carbocycles. The second kappa shape index (κ2) is 8.53. The third-order valence-electron chi connectivity index (χ3n) is 3.81. The van der Waals surface area contributed by atoms with Gasteiger partial charge in [0.2, 0.25) is 0 Å². The van der Waals surface area contributed by atoms with Gasteiger partial charge in [0, 0.05) is 6.54 Å². The molecule has 0 aliphatic heterocycles. The highest BCUT2D eigenvalue weighted by Crippen LogP contribution is 2.17. The molecule has 2 aromatic rings. The number of rotatable bonds is 6. The third-order valence-corrected chi connectivity index (χ3v) is 4.07. The number of ether oxygens (including phenoxy) is 1. The van der Waals surface area contributed by atoms with Crippen LogP contribution in [0.2, 0.25) is 0 Å². The van der Waals surface area contributed by atoms with Crippen LogP contribution >= 0.6 is 12.2 Å². The van der Waals surface area contributed by atoms with Crippen molar-refractivity contribution in [2.75, 3.05) is 7.11 Å². The van der Waals surface area contributed by atoms with E-state index in [9.17, 15) is 0 Å². The molecule has 0 radical (unpaired) electrons. The molecule has 0 unspecified atom stereocenters. The van der Waals surface area contributed by atoms with E-state index in [1.54, 1.807) is 7.11 Å². The highest BCUT2D eigenvalue weighted by molar-refractivity contribution is 7.80. The van der Waals surface area contributed by atoms with Gasteiger partial charge >= 0.3 is 0 Å². The molecule has 2 aromatic carbocycles. The monoisotopic (exact) mass is 328 g/mol. The number of methoxy groups -OCH3 is 1. The van der Waals surface area contributed by atoms with E-state index in [4.69, 9.17) is 17.0 Å². The Bertz CT molecular complexity index is 623. The van der Waals surface area contributed by atoms with Crippen molar-refractivity contribution in [2.45, 2.75) is 32.9 Å². The Kier molecular flexibility index (Phi) is 6.41. The maximum atomic E-state index is 5.42. The maximum absolute atomic E-state index is 5.42. The lowest BCUT2D eigenvalue weighted by molar-refractivity contribution is 0.414. The Morgan fingerprint density at radius 3 is 2.30 bits per heavy atom. The van der Waals surface area contributed by atoms with E-state index < -0.39 is 0 Å². The fourth-order valence-corrected chi connectivity index (χ4v) is 2.57. The van der Waals surface area contributed by atoms with Gasteiger partial charge in [0.1, 0.15) is 5.75 Å². The van der Waals surface area contributed by atoms with Crippen molar-refractivity contribution >= 4 is 17.3 Å². The van der Waals surface area contributed by atoms with Crippen LogP contribution < -0.4 is 15.4 Å². The number of nitrogens with one attached hydrogen (secondary N) is 2. The minimum atomic E-state index is 0.228. The van der Waals surface area contributed by atoms with E-state index >= 15 is 0 Å². The molecule has 0 amide bonds. The number of hydrogen-bond acceptors (Lipinski definition) is 2. The first-order valence-corrected chi connectivity index (χ1v) is 8.27. The van der Waals surface area contributed by atoms with Gasteiger partial charge in [-0.1, -0.05) is 48.9 Å². The van der Waals surface area contributed by atoms with Crippen molar-refractivity contribution in [1.29, 1.82) is 0 Å². The van der Waals surface area contributed by atoms with Gasteiger partial charge in [-0.3, -0.25) is 0 Å². The summed E-state index contributed by atoms with van der Waals surface area (Å²) in [5.41, 5.74) is 3.69. The van der Waals surface area contributed by atoms with E-state index in [0.29, 0.717) is 11.7 Å². The van der Waals surface area contributed by atoms with E-state index in [1.807, 2.05) is 24.3 Å². The van der Waals surface area contributed by atoms with Crippen LogP contribution in [0.3, 0.4) is 0 Å². The predicted molar refractivity (Wildman–Crippen MR) is 99.8 cm³/mol. The van der Waals surface area contributed by atoms with Crippen molar-refractivity contribution in [1.82, 2.24) is 10.6 Å². The molecule has 1 atom stereocenters. The molecule has 2 N–H and O–H groups in total. The normalized spacial score (nSPS) is 11.6. The summed E-state index contributed by atoms with van der Waals surface area (Å²) in [5.74, 6) is 0.861. The Balaban J connectivity index is 1.88. The minimum absolute atomic E-state index is 0.228. The molecule has 2 rings (SSSR count). The van der Waals surface area contributed by atoms with Gasteiger partial charge in [-0.25, -0.2) is 0 Å². The molecule has 0 aliphatic carbocycles. The van der Waals surface area contributed by atoms with Crippen LogP contribution in [0.4, 0.5) is 0 Å². The summed E-state index contributed by atoms with van der Waals surface area (Å²) in [5, 5.41) is 7.33. The lowest BCUT2D eigenvalue weighted by atomic mass is 10.0. The smallest absolute Gasteiger partial charge is 0.167 e. The fourth-order valence-electron chi connectivity index (χ4n) is 2.35. The Hall–Kier alpha value is -2.07. The molecule has 0 saturated heterocycles. The summed E-state index contributed by atoms with van der Waals surface area (Å²) < 4.78 is 5.16. The summed E-state index contributed by atoms with van der Waals surface area (Å²) in [6, 6.07) is 16.8. The zero-order chi connectivity index (χ0) is 16.7. The van der Waals surface area contributed by atoms with Crippen LogP contribution in [0, 0.1) is 6.92 Å². The topological polar surface area (TPSA) is 33.3 Å². The largest absolute Gasteiger partial charge is 0.497 e. The third kappa shape index (κ3) is 5.25. The number of benzene rings is 2. The molecule has 4 heteroatoms. The first-order valence-electron chi connectivity index (χ1n) is 7.86. The number of thiocarbonyl (C=S) groups is 1. The van der Waals surface area contributed by atoms with Gasteiger partial charge in [0.15, 0.2) is 5.11 Å². The van der Waals surface area contributed by atoms with E-state index in [0.717, 1.165) is 12.2 Å². The van der Waals surface area contributed by atoms with E-state index in [1.165, 1.54) is 16.7 Å². The van der Waals surface area contributed by atoms with E-state index in [-0.39, 0.29) is 6.04 Å². The zero-order valence-corrected chi connectivity index (χ0v) is 14.7. The highest BCUT2D eigenvalue weighted by atomic mass is 32.1. The zero-order valence-electron chi connectivity index (χ0n) is 13.9. The van der Waals surface area contributed by atoms with Gasteiger partial charge in [-0.2, -0.15) is 0 Å². The molecule has 0 bridgehead atoms. The maximum Gasteiger partial charge on any atom is 0.167 e. The van der Waals surface area contributed by atoms with Crippen LogP contribution in [-0.2, 0) is 6.54 Å². The quantitative estimate of drug-likeness (QED) is 0.782. The van der Waals surface area contributed by atoms with Crippen LogP contribution in [0.25, 0.3) is 0 Å². The summed E-state index contributed by atoms with van der Waals surface area (Å²) >= 11 is 5.42. The Morgan fingerprint density at radius 1 is 1.09 bits per heavy atom. The summed E-state index contributed by atoms with van der Waals surface area (Å²) in [6.45, 7) is 4.95. The van der Waals surface area contributed by atoms with Gasteiger partial charge in [-0.05, 0) is 48.8 Å². The van der Waals surface area contributed by atoms with Gasteiger partial charge in [-0.15, -0.1) is 0 Å². The standard InChI is InChI=1S/C19H24N2OS/c1-4-18(16-9-5-14(2)6-10-16)21-19(23)20-13-15-7-11-17(22-3)12-8-15/h5-12,18H,4,13H2,1-3H3,(H2,20,21,23)/t18-/m1/s1.